The molecule has 2 N–H and O–H groups in total. The van der Waals surface area contributed by atoms with Gasteiger partial charge in [0.05, 0.1) is 17.0 Å². The first-order chi connectivity index (χ1) is 11.5. The van der Waals surface area contributed by atoms with E-state index in [0.717, 1.165) is 26.1 Å². The first-order valence-electron chi connectivity index (χ1n) is 8.36. The fourth-order valence-corrected chi connectivity index (χ4v) is 2.03. The van der Waals surface area contributed by atoms with E-state index in [1.807, 2.05) is 6.92 Å². The van der Waals surface area contributed by atoms with Crippen molar-refractivity contribution in [2.45, 2.75) is 33.7 Å². The molecule has 1 aromatic rings. The Labute approximate surface area is 143 Å². The average molecular weight is 336 g/mol. The maximum atomic E-state index is 11.0. The summed E-state index contributed by atoms with van der Waals surface area (Å²) >= 11 is 0. The lowest BCUT2D eigenvalue weighted by molar-refractivity contribution is -0.385. The zero-order valence-corrected chi connectivity index (χ0v) is 14.7. The summed E-state index contributed by atoms with van der Waals surface area (Å²) in [4.78, 5) is 15.1. The van der Waals surface area contributed by atoms with Crippen molar-refractivity contribution in [2.75, 3.05) is 26.3 Å². The van der Waals surface area contributed by atoms with Crippen LogP contribution in [0.5, 0.6) is 0 Å². The minimum Gasteiger partial charge on any atom is -0.381 e. The summed E-state index contributed by atoms with van der Waals surface area (Å²) in [5.74, 6) is 1.19. The third-order valence-electron chi connectivity index (χ3n) is 3.15. The SMILES string of the molecule is CCNC(=NCc1ccccc1[N+](=O)[O-])NCCCOCC(C)C. The molecule has 7 nitrogen and oxygen atoms in total. The van der Waals surface area contributed by atoms with E-state index in [1.54, 1.807) is 18.2 Å². The number of para-hydroxylation sites is 1. The van der Waals surface area contributed by atoms with Crippen LogP contribution in [0, 0.1) is 16.0 Å². The Morgan fingerprint density at radius 1 is 1.33 bits per heavy atom. The third kappa shape index (κ3) is 7.92. The van der Waals surface area contributed by atoms with E-state index in [1.165, 1.54) is 6.07 Å². The minimum atomic E-state index is -0.378. The van der Waals surface area contributed by atoms with Gasteiger partial charge in [-0.05, 0) is 19.3 Å². The number of ether oxygens (including phenoxy) is 1. The molecule has 1 rings (SSSR count). The van der Waals surface area contributed by atoms with E-state index in [-0.39, 0.29) is 17.2 Å². The smallest absolute Gasteiger partial charge is 0.274 e. The zero-order chi connectivity index (χ0) is 17.8. The van der Waals surface area contributed by atoms with E-state index in [0.29, 0.717) is 24.0 Å². The van der Waals surface area contributed by atoms with Gasteiger partial charge in [-0.1, -0.05) is 32.0 Å². The number of hydrogen-bond donors (Lipinski definition) is 2. The summed E-state index contributed by atoms with van der Waals surface area (Å²) in [5.41, 5.74) is 0.694. The van der Waals surface area contributed by atoms with E-state index < -0.39 is 0 Å². The Balaban J connectivity index is 2.49. The van der Waals surface area contributed by atoms with Gasteiger partial charge < -0.3 is 15.4 Å². The number of nitro benzene ring substituents is 1. The second-order valence-electron chi connectivity index (χ2n) is 5.83. The lowest BCUT2D eigenvalue weighted by atomic mass is 10.2. The predicted octanol–water partition coefficient (Wildman–Crippen LogP) is 2.71. The van der Waals surface area contributed by atoms with Gasteiger partial charge >= 0.3 is 0 Å². The molecule has 0 saturated heterocycles. The monoisotopic (exact) mass is 336 g/mol. The molecule has 1 aromatic carbocycles. The molecule has 0 heterocycles. The Kier molecular flexibility index (Phi) is 9.45. The highest BCUT2D eigenvalue weighted by Gasteiger charge is 2.11. The summed E-state index contributed by atoms with van der Waals surface area (Å²) in [5, 5.41) is 17.4. The number of nitrogens with one attached hydrogen (secondary N) is 2. The molecule has 0 fully saturated rings. The standard InChI is InChI=1S/C17H28N4O3/c1-4-18-17(19-10-7-11-24-13-14(2)3)20-12-15-8-5-6-9-16(15)21(22)23/h5-6,8-9,14H,4,7,10-13H2,1-3H3,(H2,18,19,20). The number of nitro groups is 1. The highest BCUT2D eigenvalue weighted by Crippen LogP contribution is 2.18. The summed E-state index contributed by atoms with van der Waals surface area (Å²) in [6.07, 6.45) is 0.878. The molecule has 0 aliphatic carbocycles. The molecular weight excluding hydrogens is 308 g/mol. The van der Waals surface area contributed by atoms with Gasteiger partial charge in [0.2, 0.25) is 0 Å². The van der Waals surface area contributed by atoms with Gasteiger partial charge in [0.15, 0.2) is 5.96 Å². The van der Waals surface area contributed by atoms with Crippen molar-refractivity contribution in [3.8, 4) is 0 Å². The topological polar surface area (TPSA) is 88.8 Å². The fourth-order valence-electron chi connectivity index (χ4n) is 2.03. The quantitative estimate of drug-likeness (QED) is 0.225. The van der Waals surface area contributed by atoms with Crippen molar-refractivity contribution >= 4 is 11.6 Å². The van der Waals surface area contributed by atoms with Crippen molar-refractivity contribution in [1.82, 2.24) is 10.6 Å². The van der Waals surface area contributed by atoms with E-state index in [4.69, 9.17) is 4.74 Å². The number of hydrogen-bond acceptors (Lipinski definition) is 4. The third-order valence-corrected chi connectivity index (χ3v) is 3.15. The van der Waals surface area contributed by atoms with Gasteiger partial charge in [-0.15, -0.1) is 0 Å². The highest BCUT2D eigenvalue weighted by molar-refractivity contribution is 5.79. The van der Waals surface area contributed by atoms with Crippen LogP contribution in [0.25, 0.3) is 0 Å². The molecule has 0 bridgehead atoms. The molecule has 7 heteroatoms. The van der Waals surface area contributed by atoms with Crippen molar-refractivity contribution in [2.24, 2.45) is 10.9 Å². The molecular formula is C17H28N4O3. The lowest BCUT2D eigenvalue weighted by Crippen LogP contribution is -2.38. The van der Waals surface area contributed by atoms with Crippen LogP contribution >= 0.6 is 0 Å². The van der Waals surface area contributed by atoms with Gasteiger partial charge in [-0.2, -0.15) is 0 Å². The van der Waals surface area contributed by atoms with E-state index >= 15 is 0 Å². The first kappa shape index (κ1) is 19.9. The lowest BCUT2D eigenvalue weighted by Gasteiger charge is -2.12. The molecule has 0 radical (unpaired) electrons. The Hall–Kier alpha value is -2.15. The number of rotatable bonds is 10. The minimum absolute atomic E-state index is 0.0965. The fraction of sp³-hybridized carbons (Fsp3) is 0.588. The molecule has 0 amide bonds. The average Bonchev–Trinajstić information content (AvgIpc) is 2.55. The maximum Gasteiger partial charge on any atom is 0.274 e. The highest BCUT2D eigenvalue weighted by atomic mass is 16.6. The number of benzene rings is 1. The van der Waals surface area contributed by atoms with Crippen molar-refractivity contribution in [3.63, 3.8) is 0 Å². The van der Waals surface area contributed by atoms with E-state index in [9.17, 15) is 10.1 Å². The maximum absolute atomic E-state index is 11.0. The van der Waals surface area contributed by atoms with E-state index in [2.05, 4.69) is 29.5 Å². The second-order valence-corrected chi connectivity index (χ2v) is 5.83. The van der Waals surface area contributed by atoms with Crippen molar-refractivity contribution in [3.05, 3.63) is 39.9 Å². The molecule has 0 atom stereocenters. The largest absolute Gasteiger partial charge is 0.381 e. The summed E-state index contributed by atoms with van der Waals surface area (Å²) in [7, 11) is 0. The molecule has 0 aliphatic rings. The van der Waals surface area contributed by atoms with Crippen LogP contribution in [-0.2, 0) is 11.3 Å². The Bertz CT molecular complexity index is 532. The van der Waals surface area contributed by atoms with Crippen LogP contribution < -0.4 is 10.6 Å². The van der Waals surface area contributed by atoms with Crippen LogP contribution in [-0.4, -0.2) is 37.2 Å². The van der Waals surface area contributed by atoms with Crippen LogP contribution in [0.3, 0.4) is 0 Å². The van der Waals surface area contributed by atoms with Crippen molar-refractivity contribution in [1.29, 1.82) is 0 Å². The number of aliphatic imine (C=N–C) groups is 1. The van der Waals surface area contributed by atoms with Crippen LogP contribution in [0.4, 0.5) is 5.69 Å². The summed E-state index contributed by atoms with van der Waals surface area (Å²) in [6, 6.07) is 6.67. The van der Waals surface area contributed by atoms with Crippen LogP contribution in [0.15, 0.2) is 29.3 Å². The molecule has 0 aliphatic heterocycles. The van der Waals surface area contributed by atoms with Crippen LogP contribution in [0.1, 0.15) is 32.8 Å². The van der Waals surface area contributed by atoms with Gasteiger partial charge in [0, 0.05) is 32.4 Å². The van der Waals surface area contributed by atoms with Crippen LogP contribution in [0.2, 0.25) is 0 Å². The van der Waals surface area contributed by atoms with Gasteiger partial charge in [0.1, 0.15) is 0 Å². The van der Waals surface area contributed by atoms with Gasteiger partial charge in [0.25, 0.3) is 5.69 Å². The second kappa shape index (κ2) is 11.4. The number of nitrogens with zero attached hydrogens (tertiary/aromatic N) is 2. The van der Waals surface area contributed by atoms with Gasteiger partial charge in [-0.3, -0.25) is 10.1 Å². The molecule has 24 heavy (non-hydrogen) atoms. The summed E-state index contributed by atoms with van der Waals surface area (Å²) in [6.45, 7) is 9.42. The molecule has 0 spiro atoms. The first-order valence-corrected chi connectivity index (χ1v) is 8.36. The Morgan fingerprint density at radius 2 is 2.08 bits per heavy atom. The van der Waals surface area contributed by atoms with Crippen molar-refractivity contribution < 1.29 is 9.66 Å². The molecule has 134 valence electrons. The van der Waals surface area contributed by atoms with Gasteiger partial charge in [-0.25, -0.2) is 4.99 Å². The Morgan fingerprint density at radius 3 is 2.75 bits per heavy atom. The number of guanidine groups is 1. The molecule has 0 saturated carbocycles. The predicted molar refractivity (Wildman–Crippen MR) is 96.2 cm³/mol. The normalized spacial score (nSPS) is 11.6. The molecule has 0 aromatic heterocycles. The molecule has 0 unspecified atom stereocenters. The zero-order valence-electron chi connectivity index (χ0n) is 14.7. The summed E-state index contributed by atoms with van der Waals surface area (Å²) < 4.78 is 5.53.